The summed E-state index contributed by atoms with van der Waals surface area (Å²) in [6.07, 6.45) is 1.98. The van der Waals surface area contributed by atoms with Crippen LogP contribution in [-0.4, -0.2) is 12.0 Å². The molecule has 0 fully saturated rings. The Hall–Kier alpha value is -2.27. The van der Waals surface area contributed by atoms with Gasteiger partial charge in [-0.25, -0.2) is 0 Å². The molecule has 3 aromatic carbocycles. The van der Waals surface area contributed by atoms with Gasteiger partial charge in [0.1, 0.15) is 5.75 Å². The third kappa shape index (κ3) is 5.86. The van der Waals surface area contributed by atoms with Crippen molar-refractivity contribution < 1.29 is 4.74 Å². The molecule has 0 aliphatic rings. The number of hydrogen-bond donors (Lipinski definition) is 1. The van der Waals surface area contributed by atoms with Crippen molar-refractivity contribution in [1.29, 1.82) is 0 Å². The summed E-state index contributed by atoms with van der Waals surface area (Å²) in [6, 6.07) is 25.5. The molecule has 136 valence electrons. The highest BCUT2D eigenvalue weighted by Gasteiger charge is 2.06. The molecule has 0 bridgehead atoms. The van der Waals surface area contributed by atoms with E-state index in [9.17, 15) is 0 Å². The number of rotatable bonds is 7. The molecule has 0 unspecified atom stereocenters. The Bertz CT molecular complexity index is 923. The second-order valence-electron chi connectivity index (χ2n) is 5.65. The summed E-state index contributed by atoms with van der Waals surface area (Å²) in [5.74, 6) is 0.809. The van der Waals surface area contributed by atoms with Crippen molar-refractivity contribution in [3.8, 4) is 5.75 Å². The van der Waals surface area contributed by atoms with E-state index in [1.807, 2.05) is 72.8 Å². The molecule has 0 aliphatic heterocycles. The molecule has 0 radical (unpaired) electrons. The van der Waals surface area contributed by atoms with E-state index in [-0.39, 0.29) is 0 Å². The van der Waals surface area contributed by atoms with Crippen LogP contribution in [-0.2, 0) is 0 Å². The van der Waals surface area contributed by atoms with Crippen molar-refractivity contribution in [3.05, 3.63) is 101 Å². The SMILES string of the molecule is COc1ccc(C(=S)/C=C(\Nc2ccc(Cl)cc2)Sc2ccccc2)cc1. The standard InChI is InChI=1S/C22H18ClNOS2/c1-25-19-13-7-16(8-14-19)21(26)15-22(27-20-5-3-2-4-6-20)24-18-11-9-17(23)10-12-18/h2-15,24H,1H3/b22-15+. The smallest absolute Gasteiger partial charge is 0.118 e. The fourth-order valence-corrected chi connectivity index (χ4v) is 3.69. The average molecular weight is 412 g/mol. The lowest BCUT2D eigenvalue weighted by atomic mass is 10.1. The first-order valence-corrected chi connectivity index (χ1v) is 9.90. The Morgan fingerprint density at radius 3 is 2.26 bits per heavy atom. The van der Waals surface area contributed by atoms with Gasteiger partial charge >= 0.3 is 0 Å². The molecule has 5 heteroatoms. The van der Waals surface area contributed by atoms with Gasteiger partial charge in [0.15, 0.2) is 0 Å². The van der Waals surface area contributed by atoms with Gasteiger partial charge in [-0.05, 0) is 72.3 Å². The maximum atomic E-state index is 5.99. The van der Waals surface area contributed by atoms with E-state index in [0.717, 1.165) is 31.8 Å². The third-order valence-corrected chi connectivity index (χ3v) is 5.27. The Kier molecular flexibility index (Phi) is 6.93. The second-order valence-corrected chi connectivity index (χ2v) is 7.64. The number of thioether (sulfide) groups is 1. The molecular weight excluding hydrogens is 394 g/mol. The van der Waals surface area contributed by atoms with Crippen LogP contribution < -0.4 is 10.1 Å². The van der Waals surface area contributed by atoms with Crippen LogP contribution in [0.15, 0.2) is 94.9 Å². The van der Waals surface area contributed by atoms with Crippen LogP contribution in [0.3, 0.4) is 0 Å². The van der Waals surface area contributed by atoms with Crippen molar-refractivity contribution >= 4 is 46.1 Å². The molecule has 3 rings (SSSR count). The molecule has 0 spiro atoms. The lowest BCUT2D eigenvalue weighted by Crippen LogP contribution is -2.01. The van der Waals surface area contributed by atoms with E-state index in [1.54, 1.807) is 18.9 Å². The first kappa shape index (κ1) is 19.5. The van der Waals surface area contributed by atoms with Gasteiger partial charge in [0.25, 0.3) is 0 Å². The average Bonchev–Trinajstić information content (AvgIpc) is 2.70. The van der Waals surface area contributed by atoms with Crippen molar-refractivity contribution in [2.45, 2.75) is 4.90 Å². The van der Waals surface area contributed by atoms with Gasteiger partial charge in [-0.1, -0.05) is 53.8 Å². The first-order chi connectivity index (χ1) is 13.1. The minimum atomic E-state index is 0.704. The Labute approximate surface area is 174 Å². The third-order valence-electron chi connectivity index (χ3n) is 3.72. The summed E-state index contributed by atoms with van der Waals surface area (Å²) < 4.78 is 5.21. The summed E-state index contributed by atoms with van der Waals surface area (Å²) in [7, 11) is 1.65. The molecule has 0 aromatic heterocycles. The zero-order chi connectivity index (χ0) is 19.1. The number of allylic oxidation sites excluding steroid dienone is 1. The summed E-state index contributed by atoms with van der Waals surface area (Å²) in [5.41, 5.74) is 1.92. The molecule has 0 atom stereocenters. The van der Waals surface area contributed by atoms with Gasteiger partial charge in [0.05, 0.1) is 12.1 Å². The Morgan fingerprint density at radius 2 is 1.63 bits per heavy atom. The highest BCUT2D eigenvalue weighted by molar-refractivity contribution is 8.03. The molecule has 0 saturated heterocycles. The van der Waals surface area contributed by atoms with Crippen molar-refractivity contribution in [2.75, 3.05) is 12.4 Å². The van der Waals surface area contributed by atoms with Crippen molar-refractivity contribution in [2.24, 2.45) is 0 Å². The van der Waals surface area contributed by atoms with E-state index in [2.05, 4.69) is 17.4 Å². The van der Waals surface area contributed by atoms with Crippen LogP contribution in [0.25, 0.3) is 0 Å². The van der Waals surface area contributed by atoms with Gasteiger partial charge in [-0.2, -0.15) is 0 Å². The van der Waals surface area contributed by atoms with Crippen molar-refractivity contribution in [3.63, 3.8) is 0 Å². The van der Waals surface area contributed by atoms with Gasteiger partial charge in [-0.3, -0.25) is 0 Å². The van der Waals surface area contributed by atoms with Crippen LogP contribution >= 0.6 is 35.6 Å². The number of thiocarbonyl (C=S) groups is 1. The largest absolute Gasteiger partial charge is 0.497 e. The fraction of sp³-hybridized carbons (Fsp3) is 0.0455. The number of benzene rings is 3. The van der Waals surface area contributed by atoms with Gasteiger partial charge in [-0.15, -0.1) is 0 Å². The van der Waals surface area contributed by atoms with E-state index in [4.69, 9.17) is 28.6 Å². The predicted molar refractivity (Wildman–Crippen MR) is 120 cm³/mol. The van der Waals surface area contributed by atoms with E-state index < -0.39 is 0 Å². The highest BCUT2D eigenvalue weighted by Crippen LogP contribution is 2.29. The minimum absolute atomic E-state index is 0.704. The molecule has 0 heterocycles. The number of nitrogens with one attached hydrogen (secondary N) is 1. The summed E-state index contributed by atoms with van der Waals surface area (Å²) in [4.78, 5) is 1.88. The zero-order valence-electron chi connectivity index (χ0n) is 14.7. The Balaban J connectivity index is 1.85. The first-order valence-electron chi connectivity index (χ1n) is 8.29. The topological polar surface area (TPSA) is 21.3 Å². The molecular formula is C22H18ClNOS2. The summed E-state index contributed by atoms with van der Waals surface area (Å²) in [5, 5.41) is 5.07. The summed E-state index contributed by atoms with van der Waals surface area (Å²) >= 11 is 13.2. The summed E-state index contributed by atoms with van der Waals surface area (Å²) in [6.45, 7) is 0. The monoisotopic (exact) mass is 411 g/mol. The van der Waals surface area contributed by atoms with Gasteiger partial charge in [0.2, 0.25) is 0 Å². The molecule has 0 amide bonds. The normalized spacial score (nSPS) is 11.1. The lowest BCUT2D eigenvalue weighted by Gasteiger charge is -2.12. The van der Waals surface area contributed by atoms with E-state index in [0.29, 0.717) is 5.02 Å². The highest BCUT2D eigenvalue weighted by atomic mass is 35.5. The number of ether oxygens (including phenoxy) is 1. The number of halogens is 1. The fourth-order valence-electron chi connectivity index (χ4n) is 2.34. The maximum Gasteiger partial charge on any atom is 0.118 e. The van der Waals surface area contributed by atoms with Crippen LogP contribution in [0.1, 0.15) is 5.56 Å². The Morgan fingerprint density at radius 1 is 0.963 bits per heavy atom. The van der Waals surface area contributed by atoms with Crippen LogP contribution in [0.4, 0.5) is 5.69 Å². The molecule has 2 nitrogen and oxygen atoms in total. The molecule has 0 saturated carbocycles. The van der Waals surface area contributed by atoms with Crippen LogP contribution in [0.5, 0.6) is 5.75 Å². The van der Waals surface area contributed by atoms with Crippen LogP contribution in [0, 0.1) is 0 Å². The predicted octanol–water partition coefficient (Wildman–Crippen LogP) is 6.81. The van der Waals surface area contributed by atoms with E-state index >= 15 is 0 Å². The number of anilines is 1. The molecule has 1 N–H and O–H groups in total. The molecule has 27 heavy (non-hydrogen) atoms. The number of hydrogen-bond acceptors (Lipinski definition) is 4. The number of methoxy groups -OCH3 is 1. The molecule has 0 aliphatic carbocycles. The van der Waals surface area contributed by atoms with Gasteiger partial charge in [0, 0.05) is 20.5 Å². The second kappa shape index (κ2) is 9.60. The minimum Gasteiger partial charge on any atom is -0.497 e. The van der Waals surface area contributed by atoms with Gasteiger partial charge < -0.3 is 10.1 Å². The van der Waals surface area contributed by atoms with E-state index in [1.165, 1.54) is 0 Å². The quantitative estimate of drug-likeness (QED) is 0.199. The van der Waals surface area contributed by atoms with Crippen molar-refractivity contribution in [1.82, 2.24) is 0 Å². The zero-order valence-corrected chi connectivity index (χ0v) is 17.1. The molecule has 3 aromatic rings. The maximum absolute atomic E-state index is 5.99. The van der Waals surface area contributed by atoms with Crippen LogP contribution in [0.2, 0.25) is 5.02 Å². The lowest BCUT2D eigenvalue weighted by molar-refractivity contribution is 0.415.